The van der Waals surface area contributed by atoms with Gasteiger partial charge in [-0.2, -0.15) is 0 Å². The highest BCUT2D eigenvalue weighted by Crippen LogP contribution is 2.25. The Morgan fingerprint density at radius 2 is 1.74 bits per heavy atom. The van der Waals surface area contributed by atoms with E-state index in [4.69, 9.17) is 0 Å². The molecule has 1 N–H and O–H groups in total. The van der Waals surface area contributed by atoms with Crippen molar-refractivity contribution in [2.75, 3.05) is 19.6 Å². The molecule has 1 aliphatic carbocycles. The van der Waals surface area contributed by atoms with Crippen LogP contribution in [-0.4, -0.2) is 36.5 Å². The average molecular weight is 266 g/mol. The van der Waals surface area contributed by atoms with Crippen molar-refractivity contribution in [2.45, 2.75) is 70.8 Å². The van der Waals surface area contributed by atoms with Gasteiger partial charge in [0.2, 0.25) is 5.91 Å². The quantitative estimate of drug-likeness (QED) is 0.852. The molecule has 2 fully saturated rings. The van der Waals surface area contributed by atoms with Gasteiger partial charge in [-0.1, -0.05) is 32.1 Å². The van der Waals surface area contributed by atoms with E-state index in [0.29, 0.717) is 17.9 Å². The summed E-state index contributed by atoms with van der Waals surface area (Å²) in [4.78, 5) is 15.0. The molecule has 2 aliphatic rings. The smallest absolute Gasteiger partial charge is 0.225 e. The largest absolute Gasteiger partial charge is 0.338 e. The predicted molar refractivity (Wildman–Crippen MR) is 79.1 cm³/mol. The van der Waals surface area contributed by atoms with Crippen molar-refractivity contribution in [2.24, 2.45) is 5.92 Å². The third-order valence-corrected chi connectivity index (χ3v) is 4.79. The van der Waals surface area contributed by atoms with E-state index in [1.165, 1.54) is 44.9 Å². The summed E-state index contributed by atoms with van der Waals surface area (Å²) in [6.07, 6.45) is 11.1. The van der Waals surface area contributed by atoms with Crippen LogP contribution in [0.4, 0.5) is 0 Å². The molecule has 0 aromatic carbocycles. The second kappa shape index (κ2) is 7.88. The normalized spacial score (nSPS) is 26.5. The van der Waals surface area contributed by atoms with Crippen molar-refractivity contribution in [3.05, 3.63) is 0 Å². The molecule has 1 saturated heterocycles. The van der Waals surface area contributed by atoms with Crippen LogP contribution in [0.25, 0.3) is 0 Å². The van der Waals surface area contributed by atoms with Gasteiger partial charge in [0.05, 0.1) is 0 Å². The topological polar surface area (TPSA) is 32.3 Å². The van der Waals surface area contributed by atoms with Crippen molar-refractivity contribution in [1.82, 2.24) is 10.2 Å². The minimum Gasteiger partial charge on any atom is -0.338 e. The lowest BCUT2D eigenvalue weighted by Crippen LogP contribution is -2.50. The number of carbonyl (C=O) groups is 1. The monoisotopic (exact) mass is 266 g/mol. The molecule has 0 bridgehead atoms. The molecule has 3 nitrogen and oxygen atoms in total. The zero-order valence-corrected chi connectivity index (χ0v) is 12.5. The molecule has 19 heavy (non-hydrogen) atoms. The molecule has 0 aromatic rings. The van der Waals surface area contributed by atoms with Gasteiger partial charge < -0.3 is 10.2 Å². The standard InChI is InChI=1S/C16H30N2O/c1-2-18(15-11-8-12-17-13-15)16(19)14-9-6-4-3-5-7-10-14/h14-15,17H,2-13H2,1H3. The lowest BCUT2D eigenvalue weighted by Gasteiger charge is -2.36. The van der Waals surface area contributed by atoms with Gasteiger partial charge in [-0.15, -0.1) is 0 Å². The summed E-state index contributed by atoms with van der Waals surface area (Å²) < 4.78 is 0. The molecule has 3 heteroatoms. The number of nitrogens with one attached hydrogen (secondary N) is 1. The molecule has 2 rings (SSSR count). The first-order valence-electron chi connectivity index (χ1n) is 8.34. The van der Waals surface area contributed by atoms with Gasteiger partial charge >= 0.3 is 0 Å². The fraction of sp³-hybridized carbons (Fsp3) is 0.938. The van der Waals surface area contributed by atoms with Gasteiger partial charge in [0.25, 0.3) is 0 Å². The number of piperidine rings is 1. The number of likely N-dealkylation sites (N-methyl/N-ethyl adjacent to an activating group) is 1. The van der Waals surface area contributed by atoms with E-state index in [1.54, 1.807) is 0 Å². The second-order valence-corrected chi connectivity index (χ2v) is 6.17. The van der Waals surface area contributed by atoms with Crippen molar-refractivity contribution >= 4 is 5.91 Å². The maximum atomic E-state index is 12.8. The molecular formula is C16H30N2O. The van der Waals surface area contributed by atoms with Gasteiger partial charge in [0.15, 0.2) is 0 Å². The Hall–Kier alpha value is -0.570. The number of hydrogen-bond acceptors (Lipinski definition) is 2. The van der Waals surface area contributed by atoms with Gasteiger partial charge in [-0.25, -0.2) is 0 Å². The molecule has 0 aromatic heterocycles. The maximum absolute atomic E-state index is 12.8. The minimum atomic E-state index is 0.308. The average Bonchev–Trinajstić information content (AvgIpc) is 2.40. The Balaban J connectivity index is 1.93. The molecule has 0 spiro atoms. The number of carbonyl (C=O) groups excluding carboxylic acids is 1. The Morgan fingerprint density at radius 3 is 2.32 bits per heavy atom. The number of amides is 1. The zero-order chi connectivity index (χ0) is 13.5. The van der Waals surface area contributed by atoms with E-state index in [2.05, 4.69) is 17.1 Å². The zero-order valence-electron chi connectivity index (χ0n) is 12.5. The van der Waals surface area contributed by atoms with E-state index >= 15 is 0 Å². The van der Waals surface area contributed by atoms with Gasteiger partial charge in [0.1, 0.15) is 0 Å². The molecule has 0 radical (unpaired) electrons. The van der Waals surface area contributed by atoms with Crippen molar-refractivity contribution in [3.8, 4) is 0 Å². The van der Waals surface area contributed by atoms with Crippen molar-refractivity contribution in [3.63, 3.8) is 0 Å². The van der Waals surface area contributed by atoms with E-state index in [9.17, 15) is 4.79 Å². The number of nitrogens with zero attached hydrogens (tertiary/aromatic N) is 1. The molecule has 1 unspecified atom stereocenters. The molecule has 1 aliphatic heterocycles. The molecular weight excluding hydrogens is 236 g/mol. The highest BCUT2D eigenvalue weighted by atomic mass is 16.2. The van der Waals surface area contributed by atoms with Gasteiger partial charge in [-0.3, -0.25) is 4.79 Å². The third kappa shape index (κ3) is 4.20. The van der Waals surface area contributed by atoms with E-state index < -0.39 is 0 Å². The lowest BCUT2D eigenvalue weighted by molar-refractivity contribution is -0.138. The first kappa shape index (κ1) is 14.8. The van der Waals surface area contributed by atoms with Crippen LogP contribution in [0.5, 0.6) is 0 Å². The molecule has 1 atom stereocenters. The Kier molecular flexibility index (Phi) is 6.15. The summed E-state index contributed by atoms with van der Waals surface area (Å²) in [7, 11) is 0. The number of rotatable bonds is 3. The van der Waals surface area contributed by atoms with Crippen LogP contribution in [-0.2, 0) is 4.79 Å². The van der Waals surface area contributed by atoms with Crippen LogP contribution < -0.4 is 5.32 Å². The van der Waals surface area contributed by atoms with Crippen LogP contribution in [0.1, 0.15) is 64.7 Å². The van der Waals surface area contributed by atoms with Crippen LogP contribution in [0.15, 0.2) is 0 Å². The molecule has 1 saturated carbocycles. The van der Waals surface area contributed by atoms with E-state index in [0.717, 1.165) is 32.5 Å². The fourth-order valence-corrected chi connectivity index (χ4v) is 3.63. The second-order valence-electron chi connectivity index (χ2n) is 6.17. The van der Waals surface area contributed by atoms with E-state index in [1.807, 2.05) is 0 Å². The van der Waals surface area contributed by atoms with Crippen molar-refractivity contribution in [1.29, 1.82) is 0 Å². The summed E-state index contributed by atoms with van der Waals surface area (Å²) in [5.74, 6) is 0.750. The third-order valence-electron chi connectivity index (χ3n) is 4.79. The molecule has 1 heterocycles. The summed E-state index contributed by atoms with van der Waals surface area (Å²) in [6, 6.07) is 0.441. The van der Waals surface area contributed by atoms with Crippen LogP contribution in [0.3, 0.4) is 0 Å². The Labute approximate surface area is 118 Å². The SMILES string of the molecule is CCN(C(=O)C1CCCCCCC1)C1CCCNC1. The fourth-order valence-electron chi connectivity index (χ4n) is 3.63. The first-order valence-corrected chi connectivity index (χ1v) is 8.34. The molecule has 1 amide bonds. The van der Waals surface area contributed by atoms with Gasteiger partial charge in [0, 0.05) is 25.0 Å². The van der Waals surface area contributed by atoms with Crippen molar-refractivity contribution < 1.29 is 4.79 Å². The Bertz CT molecular complexity index is 266. The minimum absolute atomic E-state index is 0.308. The summed E-state index contributed by atoms with van der Waals surface area (Å²) in [5.41, 5.74) is 0. The first-order chi connectivity index (χ1) is 9.33. The number of hydrogen-bond donors (Lipinski definition) is 1. The molecule has 110 valence electrons. The lowest BCUT2D eigenvalue weighted by atomic mass is 9.89. The van der Waals surface area contributed by atoms with Gasteiger partial charge in [-0.05, 0) is 39.2 Å². The summed E-state index contributed by atoms with van der Waals surface area (Å²) in [5, 5.41) is 3.44. The summed E-state index contributed by atoms with van der Waals surface area (Å²) in [6.45, 7) is 5.12. The predicted octanol–water partition coefficient (Wildman–Crippen LogP) is 2.95. The highest BCUT2D eigenvalue weighted by Gasteiger charge is 2.29. The van der Waals surface area contributed by atoms with E-state index in [-0.39, 0.29) is 0 Å². The highest BCUT2D eigenvalue weighted by molar-refractivity contribution is 5.79. The van der Waals surface area contributed by atoms with Crippen LogP contribution in [0, 0.1) is 5.92 Å². The van der Waals surface area contributed by atoms with Crippen LogP contribution in [0.2, 0.25) is 0 Å². The van der Waals surface area contributed by atoms with Crippen LogP contribution >= 0.6 is 0 Å². The Morgan fingerprint density at radius 1 is 1.05 bits per heavy atom. The maximum Gasteiger partial charge on any atom is 0.225 e. The summed E-state index contributed by atoms with van der Waals surface area (Å²) >= 11 is 0.